The fourth-order valence-corrected chi connectivity index (χ4v) is 3.83. The number of hydrogen-bond acceptors (Lipinski definition) is 4. The van der Waals surface area contributed by atoms with Crippen LogP contribution < -0.4 is 4.72 Å². The van der Waals surface area contributed by atoms with Crippen LogP contribution >= 0.6 is 0 Å². The van der Waals surface area contributed by atoms with Crippen molar-refractivity contribution in [2.24, 2.45) is 5.92 Å². The van der Waals surface area contributed by atoms with E-state index >= 15 is 0 Å². The zero-order chi connectivity index (χ0) is 13.5. The number of ether oxygens (including phenoxy) is 1. The maximum absolute atomic E-state index is 12.1. The Morgan fingerprint density at radius 2 is 1.95 bits per heavy atom. The van der Waals surface area contributed by atoms with E-state index < -0.39 is 15.9 Å². The van der Waals surface area contributed by atoms with E-state index in [1.807, 2.05) is 0 Å². The molecule has 2 heterocycles. The average molecular weight is 281 g/mol. The second-order valence-corrected chi connectivity index (χ2v) is 6.68. The Balaban J connectivity index is 1.73. The van der Waals surface area contributed by atoms with E-state index in [2.05, 4.69) is 4.72 Å². The maximum Gasteiger partial charge on any atom is 0.264 e. The van der Waals surface area contributed by atoms with Crippen molar-refractivity contribution >= 4 is 15.9 Å². The summed E-state index contributed by atoms with van der Waals surface area (Å²) in [4.78, 5) is 12.2. The molecule has 5 nitrogen and oxygen atoms in total. The number of amides is 1. The first-order valence-corrected chi connectivity index (χ1v) is 7.82. The minimum atomic E-state index is -3.77. The van der Waals surface area contributed by atoms with E-state index in [0.717, 1.165) is 12.8 Å². The van der Waals surface area contributed by atoms with Crippen LogP contribution in [0.4, 0.5) is 0 Å². The lowest BCUT2D eigenvalue weighted by Gasteiger charge is -2.17. The smallest absolute Gasteiger partial charge is 0.264 e. The van der Waals surface area contributed by atoms with Crippen LogP contribution in [-0.2, 0) is 19.6 Å². The summed E-state index contributed by atoms with van der Waals surface area (Å²) < 4.78 is 31.8. The van der Waals surface area contributed by atoms with Crippen molar-refractivity contribution in [1.82, 2.24) is 4.72 Å². The van der Waals surface area contributed by atoms with Gasteiger partial charge >= 0.3 is 0 Å². The van der Waals surface area contributed by atoms with Gasteiger partial charge < -0.3 is 4.74 Å². The first-order chi connectivity index (χ1) is 9.06. The molecule has 2 aliphatic rings. The number of benzene rings is 1. The van der Waals surface area contributed by atoms with Gasteiger partial charge in [-0.25, -0.2) is 13.1 Å². The van der Waals surface area contributed by atoms with Gasteiger partial charge in [-0.15, -0.1) is 0 Å². The standard InChI is InChI=1S/C13H15NO4S/c15-13(11-8-9-6-7-12(11)18-9)14-19(16,17)10-4-2-1-3-5-10/h1-5,9,11-12H,6-8H2,(H,14,15)/t9-,11-,12+/m1/s1. The van der Waals surface area contributed by atoms with Crippen molar-refractivity contribution in [2.75, 3.05) is 0 Å². The van der Waals surface area contributed by atoms with Crippen LogP contribution in [0.2, 0.25) is 0 Å². The van der Waals surface area contributed by atoms with Gasteiger partial charge in [0.1, 0.15) is 0 Å². The monoisotopic (exact) mass is 281 g/mol. The molecule has 0 saturated carbocycles. The van der Waals surface area contributed by atoms with Crippen LogP contribution in [-0.4, -0.2) is 26.5 Å². The molecule has 2 aliphatic heterocycles. The fraction of sp³-hybridized carbons (Fsp3) is 0.462. The van der Waals surface area contributed by atoms with Gasteiger partial charge in [-0.2, -0.15) is 0 Å². The zero-order valence-corrected chi connectivity index (χ0v) is 11.1. The molecule has 19 heavy (non-hydrogen) atoms. The molecule has 1 N–H and O–H groups in total. The summed E-state index contributed by atoms with van der Waals surface area (Å²) >= 11 is 0. The summed E-state index contributed by atoms with van der Waals surface area (Å²) in [7, 11) is -3.77. The molecule has 2 saturated heterocycles. The third-order valence-electron chi connectivity index (χ3n) is 3.73. The number of rotatable bonds is 3. The van der Waals surface area contributed by atoms with E-state index in [-0.39, 0.29) is 23.0 Å². The Hall–Kier alpha value is -1.40. The normalized spacial score (nSPS) is 29.4. The van der Waals surface area contributed by atoms with Crippen LogP contribution in [0.3, 0.4) is 0 Å². The number of sulfonamides is 1. The predicted molar refractivity (Wildman–Crippen MR) is 67.8 cm³/mol. The number of carbonyl (C=O) groups is 1. The van der Waals surface area contributed by atoms with Gasteiger partial charge in [-0.1, -0.05) is 18.2 Å². The molecule has 0 spiro atoms. The first-order valence-electron chi connectivity index (χ1n) is 6.33. The largest absolute Gasteiger partial charge is 0.374 e. The van der Waals surface area contributed by atoms with Gasteiger partial charge in [0.05, 0.1) is 23.0 Å². The van der Waals surface area contributed by atoms with E-state index in [4.69, 9.17) is 4.74 Å². The Morgan fingerprint density at radius 3 is 2.53 bits per heavy atom. The molecule has 2 bridgehead atoms. The van der Waals surface area contributed by atoms with Crippen LogP contribution in [0.15, 0.2) is 35.2 Å². The van der Waals surface area contributed by atoms with E-state index in [1.54, 1.807) is 18.2 Å². The van der Waals surface area contributed by atoms with Crippen molar-refractivity contribution in [3.05, 3.63) is 30.3 Å². The second-order valence-electron chi connectivity index (χ2n) is 5.00. The predicted octanol–water partition coefficient (Wildman–Crippen LogP) is 1.06. The summed E-state index contributed by atoms with van der Waals surface area (Å²) in [6.45, 7) is 0. The van der Waals surface area contributed by atoms with Gasteiger partial charge in [-0.05, 0) is 31.4 Å². The number of nitrogens with one attached hydrogen (secondary N) is 1. The molecule has 0 aromatic heterocycles. The summed E-state index contributed by atoms with van der Waals surface area (Å²) in [6, 6.07) is 7.91. The lowest BCUT2D eigenvalue weighted by Crippen LogP contribution is -2.39. The topological polar surface area (TPSA) is 72.5 Å². The molecule has 1 aromatic carbocycles. The van der Waals surface area contributed by atoms with Crippen molar-refractivity contribution in [3.8, 4) is 0 Å². The molecule has 3 atom stereocenters. The lowest BCUT2D eigenvalue weighted by molar-refractivity contribution is -0.124. The highest BCUT2D eigenvalue weighted by molar-refractivity contribution is 7.90. The second kappa shape index (κ2) is 4.61. The van der Waals surface area contributed by atoms with Gasteiger partial charge in [0.15, 0.2) is 0 Å². The van der Waals surface area contributed by atoms with Crippen molar-refractivity contribution in [2.45, 2.75) is 36.4 Å². The Kier molecular flexibility index (Phi) is 3.06. The van der Waals surface area contributed by atoms with Crippen LogP contribution in [0.25, 0.3) is 0 Å². The quantitative estimate of drug-likeness (QED) is 0.899. The van der Waals surface area contributed by atoms with Gasteiger partial charge in [-0.3, -0.25) is 4.79 Å². The fourth-order valence-electron chi connectivity index (χ4n) is 2.78. The molecule has 3 rings (SSSR count). The van der Waals surface area contributed by atoms with E-state index in [0.29, 0.717) is 6.42 Å². The average Bonchev–Trinajstić information content (AvgIpc) is 3.01. The van der Waals surface area contributed by atoms with Crippen molar-refractivity contribution in [3.63, 3.8) is 0 Å². The molecule has 2 fully saturated rings. The molecule has 1 amide bonds. The van der Waals surface area contributed by atoms with Gasteiger partial charge in [0, 0.05) is 0 Å². The molecule has 102 valence electrons. The number of carbonyl (C=O) groups excluding carboxylic acids is 1. The first kappa shape index (κ1) is 12.6. The van der Waals surface area contributed by atoms with Crippen molar-refractivity contribution < 1.29 is 17.9 Å². The lowest BCUT2D eigenvalue weighted by atomic mass is 9.89. The highest BCUT2D eigenvalue weighted by atomic mass is 32.2. The Labute approximate surface area is 112 Å². The molecular formula is C13H15NO4S. The van der Waals surface area contributed by atoms with Gasteiger partial charge in [0.25, 0.3) is 10.0 Å². The minimum Gasteiger partial charge on any atom is -0.374 e. The maximum atomic E-state index is 12.1. The summed E-state index contributed by atoms with van der Waals surface area (Å²) in [6.07, 6.45) is 2.45. The summed E-state index contributed by atoms with van der Waals surface area (Å²) in [5.41, 5.74) is 0. The van der Waals surface area contributed by atoms with Crippen LogP contribution in [0.1, 0.15) is 19.3 Å². The molecule has 0 unspecified atom stereocenters. The van der Waals surface area contributed by atoms with E-state index in [1.165, 1.54) is 12.1 Å². The summed E-state index contributed by atoms with van der Waals surface area (Å²) in [5, 5.41) is 0. The highest BCUT2D eigenvalue weighted by Gasteiger charge is 2.45. The third kappa shape index (κ3) is 2.37. The van der Waals surface area contributed by atoms with E-state index in [9.17, 15) is 13.2 Å². The van der Waals surface area contributed by atoms with Crippen molar-refractivity contribution in [1.29, 1.82) is 0 Å². The summed E-state index contributed by atoms with van der Waals surface area (Å²) in [5.74, 6) is -0.784. The molecule has 1 aromatic rings. The number of fused-ring (bicyclic) bond motifs is 2. The molecule has 0 radical (unpaired) electrons. The SMILES string of the molecule is O=C(NS(=O)(=O)c1ccccc1)[C@@H]1C[C@H]2CC[C@@H]1O2. The zero-order valence-electron chi connectivity index (χ0n) is 10.3. The van der Waals surface area contributed by atoms with Crippen LogP contribution in [0.5, 0.6) is 0 Å². The molecular weight excluding hydrogens is 266 g/mol. The Morgan fingerprint density at radius 1 is 1.21 bits per heavy atom. The van der Waals surface area contributed by atoms with Gasteiger partial charge in [0.2, 0.25) is 5.91 Å². The van der Waals surface area contributed by atoms with Crippen LogP contribution in [0, 0.1) is 5.92 Å². The third-order valence-corrected chi connectivity index (χ3v) is 5.09. The molecule has 0 aliphatic carbocycles. The number of hydrogen-bond donors (Lipinski definition) is 1. The highest BCUT2D eigenvalue weighted by Crippen LogP contribution is 2.38. The molecule has 6 heteroatoms. The minimum absolute atomic E-state index is 0.104. The Bertz CT molecular complexity index is 584.